The third-order valence-corrected chi connectivity index (χ3v) is 3.97. The van der Waals surface area contributed by atoms with Gasteiger partial charge in [0.15, 0.2) is 5.65 Å². The zero-order valence-electron chi connectivity index (χ0n) is 14.1. The van der Waals surface area contributed by atoms with E-state index in [1.54, 1.807) is 18.7 Å². The molecule has 8 nitrogen and oxygen atoms in total. The third kappa shape index (κ3) is 3.68. The molecule has 0 aliphatic carbocycles. The van der Waals surface area contributed by atoms with Crippen LogP contribution in [0.1, 0.15) is 5.56 Å². The van der Waals surface area contributed by atoms with Crippen LogP contribution in [0.25, 0.3) is 11.2 Å². The number of methoxy groups -OCH3 is 1. The monoisotopic (exact) mass is 341 g/mol. The van der Waals surface area contributed by atoms with Crippen LogP contribution in [0.2, 0.25) is 0 Å². The van der Waals surface area contributed by atoms with Gasteiger partial charge in [-0.05, 0) is 24.1 Å². The van der Waals surface area contributed by atoms with E-state index in [9.17, 15) is 9.59 Å². The van der Waals surface area contributed by atoms with E-state index < -0.39 is 0 Å². The standard InChI is InChI=1S/C17H19N5O3/c1-21-16-14(9-19-17(21)24)22(11-20-16)10-15(23)18-8-7-12-3-5-13(25-2)6-4-12/h3-6,9,11H,7-8,10H2,1-2H3,(H,18,23). The van der Waals surface area contributed by atoms with Gasteiger partial charge in [0.2, 0.25) is 5.91 Å². The lowest BCUT2D eigenvalue weighted by Crippen LogP contribution is -2.29. The van der Waals surface area contributed by atoms with Gasteiger partial charge in [-0.15, -0.1) is 0 Å². The molecule has 1 aromatic carbocycles. The van der Waals surface area contributed by atoms with E-state index in [1.165, 1.54) is 17.1 Å². The lowest BCUT2D eigenvalue weighted by atomic mass is 10.1. The normalized spacial score (nSPS) is 10.8. The number of ether oxygens (including phenoxy) is 1. The molecule has 0 spiro atoms. The van der Waals surface area contributed by atoms with Crippen LogP contribution in [0, 0.1) is 0 Å². The van der Waals surface area contributed by atoms with Gasteiger partial charge in [-0.3, -0.25) is 9.36 Å². The maximum absolute atomic E-state index is 12.1. The van der Waals surface area contributed by atoms with Crippen molar-refractivity contribution in [1.82, 2.24) is 24.4 Å². The highest BCUT2D eigenvalue weighted by molar-refractivity contribution is 5.78. The van der Waals surface area contributed by atoms with Crippen molar-refractivity contribution >= 4 is 17.1 Å². The molecule has 3 rings (SSSR count). The second-order valence-electron chi connectivity index (χ2n) is 5.63. The van der Waals surface area contributed by atoms with Crippen molar-refractivity contribution in [1.29, 1.82) is 0 Å². The number of rotatable bonds is 6. The van der Waals surface area contributed by atoms with E-state index in [0.717, 1.165) is 17.7 Å². The van der Waals surface area contributed by atoms with Crippen LogP contribution in [-0.2, 0) is 24.8 Å². The van der Waals surface area contributed by atoms with Gasteiger partial charge in [-0.1, -0.05) is 12.1 Å². The smallest absolute Gasteiger partial charge is 0.349 e. The highest BCUT2D eigenvalue weighted by Gasteiger charge is 2.10. The number of aryl methyl sites for hydroxylation is 1. The fourth-order valence-electron chi connectivity index (χ4n) is 2.54. The Labute approximate surface area is 144 Å². The van der Waals surface area contributed by atoms with Crippen LogP contribution in [-0.4, -0.2) is 38.7 Å². The molecule has 1 N–H and O–H groups in total. The Balaban J connectivity index is 1.57. The summed E-state index contributed by atoms with van der Waals surface area (Å²) in [7, 11) is 3.23. The minimum absolute atomic E-state index is 0.123. The topological polar surface area (TPSA) is 91.0 Å². The number of benzene rings is 1. The van der Waals surface area contributed by atoms with Crippen molar-refractivity contribution < 1.29 is 9.53 Å². The summed E-state index contributed by atoms with van der Waals surface area (Å²) in [5.74, 6) is 0.685. The second kappa shape index (κ2) is 7.16. The van der Waals surface area contributed by atoms with Crippen molar-refractivity contribution in [2.24, 2.45) is 7.05 Å². The number of carbonyl (C=O) groups excluding carboxylic acids is 1. The molecular weight excluding hydrogens is 322 g/mol. The van der Waals surface area contributed by atoms with Crippen LogP contribution < -0.4 is 15.7 Å². The highest BCUT2D eigenvalue weighted by atomic mass is 16.5. The van der Waals surface area contributed by atoms with Gasteiger partial charge in [0.1, 0.15) is 17.8 Å². The Morgan fingerprint density at radius 2 is 2.00 bits per heavy atom. The molecule has 25 heavy (non-hydrogen) atoms. The van der Waals surface area contributed by atoms with Crippen molar-refractivity contribution in [3.05, 3.63) is 52.8 Å². The number of fused-ring (bicyclic) bond motifs is 1. The van der Waals surface area contributed by atoms with Gasteiger partial charge < -0.3 is 14.6 Å². The molecule has 2 aromatic heterocycles. The predicted octanol–water partition coefficient (Wildman–Crippen LogP) is 0.497. The molecule has 8 heteroatoms. The zero-order valence-corrected chi connectivity index (χ0v) is 14.1. The van der Waals surface area contributed by atoms with Crippen LogP contribution in [0.15, 0.2) is 41.6 Å². The van der Waals surface area contributed by atoms with E-state index in [-0.39, 0.29) is 18.1 Å². The highest BCUT2D eigenvalue weighted by Crippen LogP contribution is 2.11. The number of aromatic nitrogens is 4. The van der Waals surface area contributed by atoms with Gasteiger partial charge in [-0.25, -0.2) is 9.78 Å². The largest absolute Gasteiger partial charge is 0.497 e. The lowest BCUT2D eigenvalue weighted by Gasteiger charge is -2.07. The number of hydrogen-bond donors (Lipinski definition) is 1. The molecule has 0 saturated carbocycles. The number of carbonyl (C=O) groups is 1. The molecule has 0 bridgehead atoms. The number of hydrogen-bond acceptors (Lipinski definition) is 5. The SMILES string of the molecule is COc1ccc(CCNC(=O)Cn2cnc3c2cnc(=O)n3C)cc1. The van der Waals surface area contributed by atoms with E-state index in [4.69, 9.17) is 4.74 Å². The minimum Gasteiger partial charge on any atom is -0.497 e. The fraction of sp³-hybridized carbons (Fsp3) is 0.294. The Morgan fingerprint density at radius 1 is 1.24 bits per heavy atom. The average Bonchev–Trinajstić information content (AvgIpc) is 3.02. The Kier molecular flexibility index (Phi) is 4.78. The predicted molar refractivity (Wildman–Crippen MR) is 92.5 cm³/mol. The van der Waals surface area contributed by atoms with Crippen LogP contribution >= 0.6 is 0 Å². The first-order valence-electron chi connectivity index (χ1n) is 7.85. The maximum atomic E-state index is 12.1. The summed E-state index contributed by atoms with van der Waals surface area (Å²) in [5, 5.41) is 2.88. The first-order valence-corrected chi connectivity index (χ1v) is 7.85. The molecule has 0 aliphatic heterocycles. The molecular formula is C17H19N5O3. The quantitative estimate of drug-likeness (QED) is 0.705. The average molecular weight is 341 g/mol. The summed E-state index contributed by atoms with van der Waals surface area (Å²) in [4.78, 5) is 31.6. The lowest BCUT2D eigenvalue weighted by molar-refractivity contribution is -0.121. The van der Waals surface area contributed by atoms with Crippen LogP contribution in [0.5, 0.6) is 5.75 Å². The van der Waals surface area contributed by atoms with E-state index in [1.807, 2.05) is 24.3 Å². The summed E-state index contributed by atoms with van der Waals surface area (Å²) in [6.45, 7) is 0.660. The maximum Gasteiger partial charge on any atom is 0.349 e. The van der Waals surface area contributed by atoms with Gasteiger partial charge in [-0.2, -0.15) is 4.98 Å². The Bertz CT molecular complexity index is 943. The summed E-state index contributed by atoms with van der Waals surface area (Å²) in [6.07, 6.45) is 3.71. The molecule has 2 heterocycles. The Hall–Kier alpha value is -3.16. The minimum atomic E-state index is -0.373. The zero-order chi connectivity index (χ0) is 17.8. The number of amides is 1. The fourth-order valence-corrected chi connectivity index (χ4v) is 2.54. The van der Waals surface area contributed by atoms with Crippen molar-refractivity contribution in [2.75, 3.05) is 13.7 Å². The summed E-state index contributed by atoms with van der Waals surface area (Å²) >= 11 is 0. The number of imidazole rings is 1. The summed E-state index contributed by atoms with van der Waals surface area (Å²) in [5.41, 5.74) is 1.90. The summed E-state index contributed by atoms with van der Waals surface area (Å²) < 4.78 is 8.14. The first kappa shape index (κ1) is 16.7. The molecule has 3 aromatic rings. The molecule has 0 radical (unpaired) electrons. The van der Waals surface area contributed by atoms with Gasteiger partial charge in [0, 0.05) is 13.6 Å². The van der Waals surface area contributed by atoms with Gasteiger partial charge >= 0.3 is 5.69 Å². The molecule has 0 atom stereocenters. The van der Waals surface area contributed by atoms with Gasteiger partial charge in [0.25, 0.3) is 0 Å². The van der Waals surface area contributed by atoms with E-state index in [0.29, 0.717) is 17.7 Å². The molecule has 0 saturated heterocycles. The molecule has 130 valence electrons. The molecule has 0 aliphatic rings. The van der Waals surface area contributed by atoms with E-state index >= 15 is 0 Å². The number of nitrogens with one attached hydrogen (secondary N) is 1. The second-order valence-corrected chi connectivity index (χ2v) is 5.63. The van der Waals surface area contributed by atoms with Crippen LogP contribution in [0.4, 0.5) is 0 Å². The molecule has 0 fully saturated rings. The third-order valence-electron chi connectivity index (χ3n) is 3.97. The van der Waals surface area contributed by atoms with Crippen molar-refractivity contribution in [2.45, 2.75) is 13.0 Å². The van der Waals surface area contributed by atoms with Crippen molar-refractivity contribution in [3.8, 4) is 5.75 Å². The Morgan fingerprint density at radius 3 is 2.72 bits per heavy atom. The summed E-state index contributed by atoms with van der Waals surface area (Å²) in [6, 6.07) is 7.74. The van der Waals surface area contributed by atoms with E-state index in [2.05, 4.69) is 15.3 Å². The molecule has 0 unspecified atom stereocenters. The van der Waals surface area contributed by atoms with Gasteiger partial charge in [0.05, 0.1) is 19.6 Å². The number of nitrogens with zero attached hydrogens (tertiary/aromatic N) is 4. The van der Waals surface area contributed by atoms with Crippen molar-refractivity contribution in [3.63, 3.8) is 0 Å². The van der Waals surface area contributed by atoms with Crippen LogP contribution in [0.3, 0.4) is 0 Å². The molecule has 1 amide bonds. The first-order chi connectivity index (χ1) is 12.1.